The molecule has 0 saturated heterocycles. The monoisotopic (exact) mass is 372 g/mol. The molecule has 23 heavy (non-hydrogen) atoms. The zero-order valence-corrected chi connectivity index (χ0v) is 14.9. The quantitative estimate of drug-likeness (QED) is 0.757. The molecule has 4 heteroatoms. The predicted molar refractivity (Wildman–Crippen MR) is 99.1 cm³/mol. The third-order valence-electron chi connectivity index (χ3n) is 3.62. The molecule has 2 N–H and O–H groups in total. The topological polar surface area (TPSA) is 41.1 Å². The van der Waals surface area contributed by atoms with E-state index in [2.05, 4.69) is 57.8 Å². The second kappa shape index (κ2) is 8.53. The lowest BCUT2D eigenvalue weighted by atomic mass is 10.1. The number of carbonyl (C=O) groups excluding carboxylic acids is 1. The normalized spacial score (nSPS) is 12.1. The van der Waals surface area contributed by atoms with E-state index in [1.807, 2.05) is 37.3 Å². The van der Waals surface area contributed by atoms with Crippen LogP contribution in [0.3, 0.4) is 0 Å². The Morgan fingerprint density at radius 2 is 1.87 bits per heavy atom. The van der Waals surface area contributed by atoms with Crippen LogP contribution in [-0.4, -0.2) is 6.03 Å². The maximum absolute atomic E-state index is 11.9. The smallest absolute Gasteiger partial charge is 0.319 e. The molecule has 2 amide bonds. The zero-order chi connectivity index (χ0) is 16.7. The number of hydrogen-bond acceptors (Lipinski definition) is 1. The molecule has 0 aromatic heterocycles. The number of halogens is 1. The van der Waals surface area contributed by atoms with Gasteiger partial charge in [-0.25, -0.2) is 4.79 Å². The second-order valence-electron chi connectivity index (χ2n) is 5.29. The lowest BCUT2D eigenvalue weighted by Crippen LogP contribution is -2.34. The molecule has 1 unspecified atom stereocenters. The second-order valence-corrected chi connectivity index (χ2v) is 6.14. The van der Waals surface area contributed by atoms with Gasteiger partial charge in [0.25, 0.3) is 0 Å². The fourth-order valence-corrected chi connectivity index (χ4v) is 2.60. The third-order valence-corrected chi connectivity index (χ3v) is 4.34. The fraction of sp³-hybridized carbons (Fsp3) is 0.211. The standard InChI is InChI=1S/C19H21BrN2O/c1-3-15-8-10-16(11-9-15)14(2)22-19(23)21-13-12-17-6-4-5-7-18(17)20/h4-14H,3H2,1-2H3,(H2,21,22,23)/b13-12+. The Labute approximate surface area is 145 Å². The number of rotatable bonds is 5. The van der Waals surface area contributed by atoms with Crippen LogP contribution in [0.5, 0.6) is 0 Å². The zero-order valence-electron chi connectivity index (χ0n) is 13.3. The first-order valence-corrected chi connectivity index (χ1v) is 8.46. The Kier molecular flexibility index (Phi) is 6.41. The van der Waals surface area contributed by atoms with Crippen molar-refractivity contribution in [2.45, 2.75) is 26.3 Å². The van der Waals surface area contributed by atoms with E-state index in [0.29, 0.717) is 0 Å². The van der Waals surface area contributed by atoms with Gasteiger partial charge in [0.15, 0.2) is 0 Å². The summed E-state index contributed by atoms with van der Waals surface area (Å²) in [6.45, 7) is 4.10. The number of benzene rings is 2. The van der Waals surface area contributed by atoms with Crippen molar-refractivity contribution in [3.8, 4) is 0 Å². The van der Waals surface area contributed by atoms with E-state index in [9.17, 15) is 4.79 Å². The summed E-state index contributed by atoms with van der Waals surface area (Å²) in [5.41, 5.74) is 3.39. The van der Waals surface area contributed by atoms with Gasteiger partial charge >= 0.3 is 6.03 Å². The van der Waals surface area contributed by atoms with E-state index in [4.69, 9.17) is 0 Å². The average molecular weight is 373 g/mol. The molecule has 2 rings (SSSR count). The lowest BCUT2D eigenvalue weighted by Gasteiger charge is -2.14. The van der Waals surface area contributed by atoms with Gasteiger partial charge in [0, 0.05) is 10.7 Å². The first-order valence-electron chi connectivity index (χ1n) is 7.67. The average Bonchev–Trinajstić information content (AvgIpc) is 2.56. The Bertz CT molecular complexity index is 680. The summed E-state index contributed by atoms with van der Waals surface area (Å²) >= 11 is 3.47. The number of carbonyl (C=O) groups is 1. The van der Waals surface area contributed by atoms with Crippen LogP contribution >= 0.6 is 15.9 Å². The predicted octanol–water partition coefficient (Wildman–Crippen LogP) is 5.04. The first kappa shape index (κ1) is 17.3. The SMILES string of the molecule is CCc1ccc(C(C)NC(=O)N/C=C/c2ccccc2Br)cc1. The van der Waals surface area contributed by atoms with E-state index in [1.54, 1.807) is 6.20 Å². The molecule has 0 bridgehead atoms. The molecule has 0 aliphatic heterocycles. The maximum atomic E-state index is 11.9. The third kappa shape index (κ3) is 5.25. The van der Waals surface area contributed by atoms with Crippen molar-refractivity contribution in [1.29, 1.82) is 0 Å². The van der Waals surface area contributed by atoms with Crippen molar-refractivity contribution in [3.05, 3.63) is 75.9 Å². The highest BCUT2D eigenvalue weighted by atomic mass is 79.9. The number of nitrogens with one attached hydrogen (secondary N) is 2. The molecule has 0 aliphatic carbocycles. The molecular weight excluding hydrogens is 352 g/mol. The Morgan fingerprint density at radius 1 is 1.17 bits per heavy atom. The van der Waals surface area contributed by atoms with Gasteiger partial charge in [-0.1, -0.05) is 65.3 Å². The van der Waals surface area contributed by atoms with Crippen LogP contribution in [0.25, 0.3) is 6.08 Å². The summed E-state index contributed by atoms with van der Waals surface area (Å²) in [5, 5.41) is 5.65. The Balaban J connectivity index is 1.87. The molecule has 2 aromatic carbocycles. The molecule has 3 nitrogen and oxygen atoms in total. The van der Waals surface area contributed by atoms with Crippen LogP contribution in [0, 0.1) is 0 Å². The van der Waals surface area contributed by atoms with Crippen molar-refractivity contribution in [2.24, 2.45) is 0 Å². The van der Waals surface area contributed by atoms with E-state index >= 15 is 0 Å². The molecule has 0 heterocycles. The van der Waals surface area contributed by atoms with Gasteiger partial charge in [-0.3, -0.25) is 0 Å². The number of urea groups is 1. The van der Waals surface area contributed by atoms with Gasteiger partial charge in [-0.2, -0.15) is 0 Å². The van der Waals surface area contributed by atoms with E-state index in [1.165, 1.54) is 5.56 Å². The molecule has 2 aromatic rings. The molecular formula is C19H21BrN2O. The van der Waals surface area contributed by atoms with E-state index in [-0.39, 0.29) is 12.1 Å². The van der Waals surface area contributed by atoms with E-state index in [0.717, 1.165) is 22.0 Å². The molecule has 0 spiro atoms. The molecule has 0 saturated carbocycles. The fourth-order valence-electron chi connectivity index (χ4n) is 2.18. The van der Waals surface area contributed by atoms with Crippen LogP contribution < -0.4 is 10.6 Å². The minimum Gasteiger partial charge on any atom is -0.331 e. The van der Waals surface area contributed by atoms with Crippen molar-refractivity contribution in [1.82, 2.24) is 10.6 Å². The van der Waals surface area contributed by atoms with Crippen molar-refractivity contribution >= 4 is 28.0 Å². The van der Waals surface area contributed by atoms with Gasteiger partial charge in [-0.15, -0.1) is 0 Å². The highest BCUT2D eigenvalue weighted by molar-refractivity contribution is 9.10. The van der Waals surface area contributed by atoms with Gasteiger partial charge in [0.05, 0.1) is 6.04 Å². The molecule has 0 aliphatic rings. The Hall–Kier alpha value is -2.07. The summed E-state index contributed by atoms with van der Waals surface area (Å²) in [6, 6.07) is 15.9. The van der Waals surface area contributed by atoms with Crippen LogP contribution in [0.15, 0.2) is 59.2 Å². The largest absolute Gasteiger partial charge is 0.331 e. The van der Waals surface area contributed by atoms with Crippen LogP contribution in [-0.2, 0) is 6.42 Å². The number of hydrogen-bond donors (Lipinski definition) is 2. The highest BCUT2D eigenvalue weighted by Gasteiger charge is 2.08. The van der Waals surface area contributed by atoms with Crippen LogP contribution in [0.2, 0.25) is 0 Å². The maximum Gasteiger partial charge on any atom is 0.319 e. The summed E-state index contributed by atoms with van der Waals surface area (Å²) in [4.78, 5) is 11.9. The highest BCUT2D eigenvalue weighted by Crippen LogP contribution is 2.17. The molecule has 120 valence electrons. The summed E-state index contributed by atoms with van der Waals surface area (Å²) in [7, 11) is 0. The van der Waals surface area contributed by atoms with Gasteiger partial charge in [0.2, 0.25) is 0 Å². The lowest BCUT2D eigenvalue weighted by molar-refractivity contribution is 0.241. The van der Waals surface area contributed by atoms with Gasteiger partial charge in [-0.05, 0) is 42.2 Å². The molecule has 0 fully saturated rings. The summed E-state index contributed by atoms with van der Waals surface area (Å²) < 4.78 is 0.989. The van der Waals surface area contributed by atoms with Crippen LogP contribution in [0.4, 0.5) is 4.79 Å². The van der Waals surface area contributed by atoms with Crippen molar-refractivity contribution in [3.63, 3.8) is 0 Å². The first-order chi connectivity index (χ1) is 11.1. The minimum atomic E-state index is -0.222. The Morgan fingerprint density at radius 3 is 2.52 bits per heavy atom. The summed E-state index contributed by atoms with van der Waals surface area (Å²) in [6.07, 6.45) is 4.51. The van der Waals surface area contributed by atoms with Gasteiger partial charge in [0.1, 0.15) is 0 Å². The number of amides is 2. The van der Waals surface area contributed by atoms with Crippen LogP contribution in [0.1, 0.15) is 36.6 Å². The molecule has 0 radical (unpaired) electrons. The van der Waals surface area contributed by atoms with E-state index < -0.39 is 0 Å². The molecule has 1 atom stereocenters. The van der Waals surface area contributed by atoms with Crippen molar-refractivity contribution < 1.29 is 4.79 Å². The summed E-state index contributed by atoms with van der Waals surface area (Å²) in [5.74, 6) is 0. The van der Waals surface area contributed by atoms with Crippen molar-refractivity contribution in [2.75, 3.05) is 0 Å². The number of aryl methyl sites for hydroxylation is 1. The van der Waals surface area contributed by atoms with Gasteiger partial charge < -0.3 is 10.6 Å². The minimum absolute atomic E-state index is 0.0437.